The van der Waals surface area contributed by atoms with E-state index in [0.717, 1.165) is 15.7 Å². The van der Waals surface area contributed by atoms with E-state index in [4.69, 9.17) is 10.5 Å². The Morgan fingerprint density at radius 1 is 1.38 bits per heavy atom. The van der Waals surface area contributed by atoms with Gasteiger partial charge in [-0.1, -0.05) is 12.1 Å². The Kier molecular flexibility index (Phi) is 5.52. The van der Waals surface area contributed by atoms with Gasteiger partial charge in [0, 0.05) is 19.2 Å². The number of nitrogen functional groups attached to an aromatic ring is 1. The number of benzene rings is 1. The molecule has 0 saturated carbocycles. The maximum atomic E-state index is 12.4. The van der Waals surface area contributed by atoms with Gasteiger partial charge < -0.3 is 10.5 Å². The highest BCUT2D eigenvalue weighted by Gasteiger charge is 2.16. The van der Waals surface area contributed by atoms with E-state index in [-0.39, 0.29) is 5.78 Å². The lowest BCUT2D eigenvalue weighted by atomic mass is 10.1. The molecule has 1 aromatic heterocycles. The lowest BCUT2D eigenvalue weighted by molar-refractivity contribution is 0.0968. The molecule has 0 amide bonds. The molecule has 112 valence electrons. The van der Waals surface area contributed by atoms with Crippen molar-refractivity contribution in [3.8, 4) is 0 Å². The van der Waals surface area contributed by atoms with E-state index in [1.807, 2.05) is 24.3 Å². The Morgan fingerprint density at radius 2 is 2.10 bits per heavy atom. The van der Waals surface area contributed by atoms with Crippen LogP contribution in [0.3, 0.4) is 0 Å². The minimum absolute atomic E-state index is 0.0623. The highest BCUT2D eigenvalue weighted by molar-refractivity contribution is 9.10. The fourth-order valence-corrected chi connectivity index (χ4v) is 2.56. The molecule has 5 nitrogen and oxygen atoms in total. The molecule has 0 aliphatic rings. The van der Waals surface area contributed by atoms with Crippen LogP contribution in [0.25, 0.3) is 0 Å². The maximum Gasteiger partial charge on any atom is 0.182 e. The number of hydrogen-bond donors (Lipinski definition) is 1. The summed E-state index contributed by atoms with van der Waals surface area (Å²) in [6, 6.07) is 7.58. The van der Waals surface area contributed by atoms with Gasteiger partial charge in [-0.25, -0.2) is 0 Å². The summed E-state index contributed by atoms with van der Waals surface area (Å²) in [5.41, 5.74) is 8.07. The van der Waals surface area contributed by atoms with Crippen molar-refractivity contribution in [2.24, 2.45) is 0 Å². The first kappa shape index (κ1) is 15.7. The molecule has 2 N–H and O–H groups in total. The molecule has 1 aromatic carbocycles. The van der Waals surface area contributed by atoms with Crippen LogP contribution >= 0.6 is 15.9 Å². The van der Waals surface area contributed by atoms with Crippen molar-refractivity contribution in [2.75, 3.05) is 19.5 Å². The lowest BCUT2D eigenvalue weighted by Crippen LogP contribution is -2.14. The standard InChI is InChI=1S/C15H18BrN3O2/c1-21-9-8-19-15(13(16)10-18-19)14(20)7-4-11-2-5-12(17)6-3-11/h2-3,5-6,10H,4,7-9,17H2,1H3. The van der Waals surface area contributed by atoms with Crippen molar-refractivity contribution in [1.29, 1.82) is 0 Å². The Balaban J connectivity index is 2.02. The molecule has 0 atom stereocenters. The lowest BCUT2D eigenvalue weighted by Gasteiger charge is -2.07. The van der Waals surface area contributed by atoms with Gasteiger partial charge in [-0.2, -0.15) is 5.10 Å². The first-order chi connectivity index (χ1) is 10.1. The number of hydrogen-bond acceptors (Lipinski definition) is 4. The summed E-state index contributed by atoms with van der Waals surface area (Å²) < 4.78 is 7.43. The molecule has 0 aliphatic carbocycles. The van der Waals surface area contributed by atoms with Gasteiger partial charge in [-0.05, 0) is 40.0 Å². The number of Topliss-reactive ketones (excluding diaryl/α,β-unsaturated/α-hetero) is 1. The number of ether oxygens (including phenoxy) is 1. The zero-order valence-corrected chi connectivity index (χ0v) is 13.5. The Hall–Kier alpha value is -1.66. The van der Waals surface area contributed by atoms with Gasteiger partial charge in [0.2, 0.25) is 0 Å². The minimum Gasteiger partial charge on any atom is -0.399 e. The smallest absolute Gasteiger partial charge is 0.182 e. The predicted octanol–water partition coefficient (Wildman–Crippen LogP) is 2.69. The van der Waals surface area contributed by atoms with Crippen LogP contribution in [0.1, 0.15) is 22.5 Å². The number of anilines is 1. The zero-order valence-electron chi connectivity index (χ0n) is 11.9. The molecule has 0 spiro atoms. The second kappa shape index (κ2) is 7.38. The third-order valence-corrected chi connectivity index (χ3v) is 3.77. The number of ketones is 1. The van der Waals surface area contributed by atoms with Crippen molar-refractivity contribution in [3.05, 3.63) is 46.2 Å². The summed E-state index contributed by atoms with van der Waals surface area (Å²) in [7, 11) is 1.63. The first-order valence-electron chi connectivity index (χ1n) is 6.69. The second-order valence-corrected chi connectivity index (χ2v) is 5.58. The predicted molar refractivity (Wildman–Crippen MR) is 85.3 cm³/mol. The number of carbonyl (C=O) groups is 1. The fourth-order valence-electron chi connectivity index (χ4n) is 2.05. The van der Waals surface area contributed by atoms with Crippen molar-refractivity contribution in [3.63, 3.8) is 0 Å². The van der Waals surface area contributed by atoms with E-state index in [2.05, 4.69) is 21.0 Å². The molecule has 0 unspecified atom stereocenters. The summed E-state index contributed by atoms with van der Waals surface area (Å²) >= 11 is 3.38. The minimum atomic E-state index is 0.0623. The van der Waals surface area contributed by atoms with E-state index >= 15 is 0 Å². The topological polar surface area (TPSA) is 70.1 Å². The normalized spacial score (nSPS) is 10.8. The number of halogens is 1. The molecule has 6 heteroatoms. The van der Waals surface area contributed by atoms with E-state index in [1.54, 1.807) is 18.0 Å². The van der Waals surface area contributed by atoms with Crippen molar-refractivity contribution in [1.82, 2.24) is 9.78 Å². The molecule has 21 heavy (non-hydrogen) atoms. The van der Waals surface area contributed by atoms with E-state index in [9.17, 15) is 4.79 Å². The van der Waals surface area contributed by atoms with Gasteiger partial charge in [0.05, 0.1) is 23.8 Å². The van der Waals surface area contributed by atoms with Crippen LogP contribution in [0.15, 0.2) is 34.9 Å². The number of methoxy groups -OCH3 is 1. The zero-order chi connectivity index (χ0) is 15.2. The van der Waals surface area contributed by atoms with Crippen molar-refractivity contribution >= 4 is 27.4 Å². The molecular weight excluding hydrogens is 334 g/mol. The maximum absolute atomic E-state index is 12.4. The monoisotopic (exact) mass is 351 g/mol. The molecule has 0 fully saturated rings. The Labute approximate surface area is 132 Å². The second-order valence-electron chi connectivity index (χ2n) is 4.72. The van der Waals surface area contributed by atoms with E-state index in [0.29, 0.717) is 31.7 Å². The van der Waals surface area contributed by atoms with Crippen LogP contribution < -0.4 is 5.73 Å². The molecule has 2 rings (SSSR count). The summed E-state index contributed by atoms with van der Waals surface area (Å²) in [6.45, 7) is 1.08. The summed E-state index contributed by atoms with van der Waals surface area (Å²) in [5, 5.41) is 4.19. The van der Waals surface area contributed by atoms with Crippen molar-refractivity contribution in [2.45, 2.75) is 19.4 Å². The highest BCUT2D eigenvalue weighted by Crippen LogP contribution is 2.19. The van der Waals surface area contributed by atoms with Crippen LogP contribution in [-0.4, -0.2) is 29.3 Å². The van der Waals surface area contributed by atoms with Crippen LogP contribution in [0.5, 0.6) is 0 Å². The van der Waals surface area contributed by atoms with Crippen LogP contribution in [0, 0.1) is 0 Å². The molecular formula is C15H18BrN3O2. The third kappa shape index (κ3) is 4.15. The SMILES string of the molecule is COCCn1ncc(Br)c1C(=O)CCc1ccc(N)cc1. The third-order valence-electron chi connectivity index (χ3n) is 3.19. The Bertz CT molecular complexity index is 608. The molecule has 0 radical (unpaired) electrons. The first-order valence-corrected chi connectivity index (χ1v) is 7.49. The summed E-state index contributed by atoms with van der Waals surface area (Å²) in [6.07, 6.45) is 2.76. The quantitative estimate of drug-likeness (QED) is 0.614. The van der Waals surface area contributed by atoms with Gasteiger partial charge in [-0.3, -0.25) is 9.48 Å². The van der Waals surface area contributed by atoms with Gasteiger partial charge in [0.15, 0.2) is 5.78 Å². The molecule has 0 aliphatic heterocycles. The number of aryl methyl sites for hydroxylation is 1. The number of aromatic nitrogens is 2. The molecule has 2 aromatic rings. The average molecular weight is 352 g/mol. The summed E-state index contributed by atoms with van der Waals surface area (Å²) in [5.74, 6) is 0.0623. The van der Waals surface area contributed by atoms with Crippen LogP contribution in [0.4, 0.5) is 5.69 Å². The number of nitrogens with zero attached hydrogens (tertiary/aromatic N) is 2. The van der Waals surface area contributed by atoms with Gasteiger partial charge >= 0.3 is 0 Å². The van der Waals surface area contributed by atoms with Crippen LogP contribution in [0.2, 0.25) is 0 Å². The largest absolute Gasteiger partial charge is 0.399 e. The molecule has 0 bridgehead atoms. The summed E-state index contributed by atoms with van der Waals surface area (Å²) in [4.78, 5) is 12.4. The van der Waals surface area contributed by atoms with E-state index in [1.165, 1.54) is 0 Å². The van der Waals surface area contributed by atoms with Gasteiger partial charge in [0.25, 0.3) is 0 Å². The fraction of sp³-hybridized carbons (Fsp3) is 0.333. The number of rotatable bonds is 7. The average Bonchev–Trinajstić information content (AvgIpc) is 2.85. The van der Waals surface area contributed by atoms with Gasteiger partial charge in [0.1, 0.15) is 5.69 Å². The number of nitrogens with two attached hydrogens (primary N) is 1. The molecule has 1 heterocycles. The molecule has 0 saturated heterocycles. The number of carbonyl (C=O) groups excluding carboxylic acids is 1. The Morgan fingerprint density at radius 3 is 2.76 bits per heavy atom. The van der Waals surface area contributed by atoms with Crippen molar-refractivity contribution < 1.29 is 9.53 Å². The van der Waals surface area contributed by atoms with E-state index < -0.39 is 0 Å². The van der Waals surface area contributed by atoms with Gasteiger partial charge in [-0.15, -0.1) is 0 Å². The van der Waals surface area contributed by atoms with Crippen LogP contribution in [-0.2, 0) is 17.7 Å². The highest BCUT2D eigenvalue weighted by atomic mass is 79.9.